The summed E-state index contributed by atoms with van der Waals surface area (Å²) in [6.07, 6.45) is 0.760. The van der Waals surface area contributed by atoms with Crippen LogP contribution in [0.3, 0.4) is 0 Å². The molecule has 1 heterocycles. The summed E-state index contributed by atoms with van der Waals surface area (Å²) in [6, 6.07) is 9.30. The highest BCUT2D eigenvalue weighted by molar-refractivity contribution is 5.95. The number of rotatable bonds is 8. The Morgan fingerprint density at radius 2 is 2.10 bits per heavy atom. The lowest BCUT2D eigenvalue weighted by molar-refractivity contribution is 0.0687. The quantitative estimate of drug-likeness (QED) is 0.752. The van der Waals surface area contributed by atoms with E-state index in [1.54, 1.807) is 13.2 Å². The van der Waals surface area contributed by atoms with E-state index in [1.807, 2.05) is 24.3 Å². The molecule has 0 saturated heterocycles. The van der Waals surface area contributed by atoms with Gasteiger partial charge in [0, 0.05) is 25.6 Å². The summed E-state index contributed by atoms with van der Waals surface area (Å²) in [5.41, 5.74) is 0.723. The van der Waals surface area contributed by atoms with Crippen molar-refractivity contribution in [1.29, 1.82) is 0 Å². The zero-order chi connectivity index (χ0) is 14.2. The fourth-order valence-corrected chi connectivity index (χ4v) is 1.80. The van der Waals surface area contributed by atoms with Crippen molar-refractivity contribution in [2.24, 2.45) is 0 Å². The summed E-state index contributed by atoms with van der Waals surface area (Å²) < 4.78 is 15.7. The number of hydrogen-bond donors (Lipinski definition) is 1. The predicted molar refractivity (Wildman–Crippen MR) is 75.9 cm³/mol. The van der Waals surface area contributed by atoms with Crippen molar-refractivity contribution < 1.29 is 18.7 Å². The Bertz CT molecular complexity index is 517. The van der Waals surface area contributed by atoms with Crippen LogP contribution in [0.15, 0.2) is 34.7 Å². The predicted octanol–water partition coefficient (Wildman–Crippen LogP) is 2.22. The van der Waals surface area contributed by atoms with E-state index in [0.29, 0.717) is 32.1 Å². The van der Waals surface area contributed by atoms with E-state index < -0.39 is 0 Å². The molecule has 0 aliphatic heterocycles. The highest BCUT2D eigenvalue weighted by Crippen LogP contribution is 2.18. The molecular weight excluding hydrogens is 258 g/mol. The Labute approximate surface area is 117 Å². The number of carbonyl (C=O) groups is 1. The Morgan fingerprint density at radius 1 is 1.25 bits per heavy atom. The van der Waals surface area contributed by atoms with Crippen LogP contribution in [0.25, 0.3) is 11.0 Å². The summed E-state index contributed by atoms with van der Waals surface area (Å²) in [6.45, 7) is 2.33. The molecule has 1 amide bonds. The summed E-state index contributed by atoms with van der Waals surface area (Å²) in [5, 5.41) is 3.74. The zero-order valence-electron chi connectivity index (χ0n) is 11.6. The van der Waals surface area contributed by atoms with Crippen LogP contribution < -0.4 is 5.32 Å². The van der Waals surface area contributed by atoms with E-state index in [2.05, 4.69) is 5.32 Å². The van der Waals surface area contributed by atoms with Gasteiger partial charge in [0.15, 0.2) is 5.76 Å². The van der Waals surface area contributed by atoms with Crippen molar-refractivity contribution in [1.82, 2.24) is 5.32 Å². The first-order chi connectivity index (χ1) is 9.81. The van der Waals surface area contributed by atoms with Crippen LogP contribution in [0, 0.1) is 0 Å². The van der Waals surface area contributed by atoms with Gasteiger partial charge in [-0.25, -0.2) is 0 Å². The Balaban J connectivity index is 1.72. The molecule has 0 aliphatic carbocycles. The number of furan rings is 1. The van der Waals surface area contributed by atoms with Crippen LogP contribution >= 0.6 is 0 Å². The molecule has 2 rings (SSSR count). The Kier molecular flexibility index (Phi) is 5.58. The maximum absolute atomic E-state index is 11.9. The van der Waals surface area contributed by atoms with Gasteiger partial charge in [0.2, 0.25) is 0 Å². The number of amides is 1. The number of benzene rings is 1. The second kappa shape index (κ2) is 7.67. The van der Waals surface area contributed by atoms with Gasteiger partial charge in [-0.15, -0.1) is 0 Å². The minimum Gasteiger partial charge on any atom is -0.451 e. The first kappa shape index (κ1) is 14.6. The van der Waals surface area contributed by atoms with Crippen molar-refractivity contribution in [3.8, 4) is 0 Å². The maximum atomic E-state index is 11.9. The molecule has 0 fully saturated rings. The minimum absolute atomic E-state index is 0.196. The zero-order valence-corrected chi connectivity index (χ0v) is 11.6. The number of methoxy groups -OCH3 is 1. The van der Waals surface area contributed by atoms with E-state index in [9.17, 15) is 4.79 Å². The highest BCUT2D eigenvalue weighted by atomic mass is 16.5. The van der Waals surface area contributed by atoms with Gasteiger partial charge in [-0.3, -0.25) is 4.79 Å². The number of nitrogens with one attached hydrogen (secondary N) is 1. The summed E-state index contributed by atoms with van der Waals surface area (Å²) >= 11 is 0. The second-order valence-corrected chi connectivity index (χ2v) is 4.36. The molecule has 0 unspecified atom stereocenters. The molecule has 0 radical (unpaired) electrons. The molecule has 2 aromatic rings. The molecule has 1 aromatic carbocycles. The van der Waals surface area contributed by atoms with Crippen LogP contribution in [0.2, 0.25) is 0 Å². The van der Waals surface area contributed by atoms with Crippen LogP contribution in [-0.4, -0.2) is 39.4 Å². The smallest absolute Gasteiger partial charge is 0.287 e. The summed E-state index contributed by atoms with van der Waals surface area (Å²) in [5.74, 6) is 0.143. The van der Waals surface area contributed by atoms with E-state index >= 15 is 0 Å². The van der Waals surface area contributed by atoms with Gasteiger partial charge in [-0.1, -0.05) is 18.2 Å². The lowest BCUT2D eigenvalue weighted by Crippen LogP contribution is -2.24. The number of fused-ring (bicyclic) bond motifs is 1. The van der Waals surface area contributed by atoms with Gasteiger partial charge >= 0.3 is 0 Å². The van der Waals surface area contributed by atoms with Crippen LogP contribution in [0.1, 0.15) is 17.0 Å². The van der Waals surface area contributed by atoms with Gasteiger partial charge in [-0.2, -0.15) is 0 Å². The van der Waals surface area contributed by atoms with Crippen LogP contribution in [0.5, 0.6) is 0 Å². The summed E-state index contributed by atoms with van der Waals surface area (Å²) in [7, 11) is 1.64. The van der Waals surface area contributed by atoms with Gasteiger partial charge in [0.25, 0.3) is 5.91 Å². The first-order valence-electron chi connectivity index (χ1n) is 6.64. The topological polar surface area (TPSA) is 60.7 Å². The van der Waals surface area contributed by atoms with Gasteiger partial charge < -0.3 is 19.2 Å². The van der Waals surface area contributed by atoms with Crippen molar-refractivity contribution in [2.75, 3.05) is 33.5 Å². The first-order valence-corrected chi connectivity index (χ1v) is 6.64. The number of hydrogen-bond acceptors (Lipinski definition) is 4. The fraction of sp³-hybridized carbons (Fsp3) is 0.400. The lowest BCUT2D eigenvalue weighted by atomic mass is 10.2. The molecule has 1 aromatic heterocycles. The third-order valence-electron chi connectivity index (χ3n) is 2.83. The fourth-order valence-electron chi connectivity index (χ4n) is 1.80. The Morgan fingerprint density at radius 3 is 2.90 bits per heavy atom. The number of para-hydroxylation sites is 1. The van der Waals surface area contributed by atoms with E-state index in [0.717, 1.165) is 17.4 Å². The third kappa shape index (κ3) is 4.08. The number of carbonyl (C=O) groups excluding carboxylic acids is 1. The van der Waals surface area contributed by atoms with Gasteiger partial charge in [0.1, 0.15) is 5.58 Å². The monoisotopic (exact) mass is 277 g/mol. The molecular formula is C15H19NO4. The van der Waals surface area contributed by atoms with Crippen LogP contribution in [0.4, 0.5) is 0 Å². The van der Waals surface area contributed by atoms with E-state index in [4.69, 9.17) is 13.9 Å². The molecule has 0 bridgehead atoms. The molecule has 0 atom stereocenters. The van der Waals surface area contributed by atoms with Crippen molar-refractivity contribution in [3.05, 3.63) is 36.1 Å². The molecule has 0 saturated carbocycles. The van der Waals surface area contributed by atoms with Gasteiger partial charge in [0.05, 0.1) is 13.2 Å². The second-order valence-electron chi connectivity index (χ2n) is 4.36. The average Bonchev–Trinajstić information content (AvgIpc) is 2.90. The standard InChI is InChI=1S/C15H19NO4/c1-18-9-10-19-8-4-7-16-15(17)14-11-12-5-2-3-6-13(12)20-14/h2-3,5-6,11H,4,7-10H2,1H3,(H,16,17). The molecule has 0 spiro atoms. The van der Waals surface area contributed by atoms with E-state index in [1.165, 1.54) is 0 Å². The van der Waals surface area contributed by atoms with Crippen molar-refractivity contribution >= 4 is 16.9 Å². The SMILES string of the molecule is COCCOCCCNC(=O)c1cc2ccccc2o1. The lowest BCUT2D eigenvalue weighted by Gasteiger charge is -2.04. The molecule has 5 nitrogen and oxygen atoms in total. The normalized spacial score (nSPS) is 10.8. The van der Waals surface area contributed by atoms with Crippen molar-refractivity contribution in [3.63, 3.8) is 0 Å². The third-order valence-corrected chi connectivity index (χ3v) is 2.83. The Hall–Kier alpha value is -1.85. The largest absolute Gasteiger partial charge is 0.451 e. The molecule has 20 heavy (non-hydrogen) atoms. The molecule has 108 valence electrons. The van der Waals surface area contributed by atoms with Crippen molar-refractivity contribution in [2.45, 2.75) is 6.42 Å². The van der Waals surface area contributed by atoms with Gasteiger partial charge in [-0.05, 0) is 18.6 Å². The number of ether oxygens (including phenoxy) is 2. The average molecular weight is 277 g/mol. The molecule has 5 heteroatoms. The molecule has 1 N–H and O–H groups in total. The molecule has 0 aliphatic rings. The summed E-state index contributed by atoms with van der Waals surface area (Å²) in [4.78, 5) is 11.9. The van der Waals surface area contributed by atoms with Crippen LogP contribution in [-0.2, 0) is 9.47 Å². The highest BCUT2D eigenvalue weighted by Gasteiger charge is 2.10. The minimum atomic E-state index is -0.196. The van der Waals surface area contributed by atoms with E-state index in [-0.39, 0.29) is 5.91 Å². The maximum Gasteiger partial charge on any atom is 0.287 e.